The van der Waals surface area contributed by atoms with E-state index in [-0.39, 0.29) is 6.54 Å². The number of carbonyl (C=O) groups excluding carboxylic acids is 3. The van der Waals surface area contributed by atoms with Crippen LogP contribution in [0.4, 0.5) is 10.5 Å². The average molecular weight is 381 g/mol. The molecule has 144 valence electrons. The lowest BCUT2D eigenvalue weighted by atomic mass is 10.1. The molecule has 1 aliphatic rings. The summed E-state index contributed by atoms with van der Waals surface area (Å²) < 4.78 is 10.2. The van der Waals surface area contributed by atoms with E-state index in [1.807, 2.05) is 12.1 Å². The fourth-order valence-corrected chi connectivity index (χ4v) is 2.71. The van der Waals surface area contributed by atoms with Crippen molar-refractivity contribution in [3.05, 3.63) is 54.1 Å². The molecule has 2 aromatic rings. The Morgan fingerprint density at radius 2 is 1.75 bits per heavy atom. The first kappa shape index (κ1) is 19.1. The number of methoxy groups -OCH3 is 2. The number of urea groups is 1. The highest BCUT2D eigenvalue weighted by Crippen LogP contribution is 2.24. The van der Waals surface area contributed by atoms with Gasteiger partial charge in [-0.3, -0.25) is 19.9 Å². The van der Waals surface area contributed by atoms with E-state index in [9.17, 15) is 14.4 Å². The van der Waals surface area contributed by atoms with Crippen LogP contribution in [0.3, 0.4) is 0 Å². The number of nitrogens with zero attached hydrogens (tertiary/aromatic N) is 2. The molecule has 1 atom stereocenters. The second-order valence-corrected chi connectivity index (χ2v) is 5.99. The topological polar surface area (TPSA) is 97.3 Å². The predicted molar refractivity (Wildman–Crippen MR) is 103 cm³/mol. The molecule has 28 heavy (non-hydrogen) atoms. The molecule has 1 aliphatic heterocycles. The van der Waals surface area contributed by atoms with E-state index < -0.39 is 23.8 Å². The van der Waals surface area contributed by atoms with Crippen LogP contribution in [0.2, 0.25) is 0 Å². The van der Waals surface area contributed by atoms with Gasteiger partial charge in [-0.1, -0.05) is 18.2 Å². The number of nitrogens with one attached hydrogen (secondary N) is 1. The highest BCUT2D eigenvalue weighted by Gasteiger charge is 2.40. The van der Waals surface area contributed by atoms with Crippen molar-refractivity contribution < 1.29 is 23.9 Å². The maximum atomic E-state index is 12.8. The van der Waals surface area contributed by atoms with Crippen molar-refractivity contribution in [3.63, 3.8) is 0 Å². The number of aliphatic imine (C=N–C) groups is 1. The number of benzene rings is 2. The summed E-state index contributed by atoms with van der Waals surface area (Å²) in [4.78, 5) is 42.2. The van der Waals surface area contributed by atoms with Crippen molar-refractivity contribution in [3.8, 4) is 11.5 Å². The van der Waals surface area contributed by atoms with Crippen molar-refractivity contribution in [2.24, 2.45) is 10.9 Å². The van der Waals surface area contributed by atoms with Gasteiger partial charge < -0.3 is 9.47 Å². The fourth-order valence-electron chi connectivity index (χ4n) is 2.71. The zero-order valence-electron chi connectivity index (χ0n) is 15.4. The summed E-state index contributed by atoms with van der Waals surface area (Å²) in [7, 11) is 3.06. The van der Waals surface area contributed by atoms with Crippen molar-refractivity contribution >= 4 is 29.7 Å². The Balaban J connectivity index is 1.77. The van der Waals surface area contributed by atoms with E-state index in [4.69, 9.17) is 9.47 Å². The number of hydrogen-bond acceptors (Lipinski definition) is 6. The highest BCUT2D eigenvalue weighted by molar-refractivity contribution is 6.32. The molecule has 1 saturated heterocycles. The minimum atomic E-state index is -1.19. The zero-order valence-corrected chi connectivity index (χ0v) is 15.4. The summed E-state index contributed by atoms with van der Waals surface area (Å²) in [6.45, 7) is 0.286. The molecule has 0 bridgehead atoms. The van der Waals surface area contributed by atoms with Crippen molar-refractivity contribution in [1.29, 1.82) is 0 Å². The molecule has 3 rings (SSSR count). The molecule has 0 saturated carbocycles. The first-order valence-electron chi connectivity index (χ1n) is 8.49. The van der Waals surface area contributed by atoms with Crippen LogP contribution in [-0.2, 0) is 16.1 Å². The van der Waals surface area contributed by atoms with Crippen LogP contribution in [0.5, 0.6) is 11.5 Å². The van der Waals surface area contributed by atoms with Crippen LogP contribution in [0, 0.1) is 5.92 Å². The lowest BCUT2D eigenvalue weighted by molar-refractivity contribution is -0.131. The van der Waals surface area contributed by atoms with Crippen molar-refractivity contribution in [2.75, 3.05) is 19.1 Å². The standard InChI is InChI=1S/C20H19N3O5/c1-27-15-8-6-13(7-9-15)11-21-12-17-18(24)22-20(26)23(19(17)25)14-4-3-5-16(10-14)28-2/h3-10,12,17H,11H2,1-2H3,(H,22,24,26). The van der Waals surface area contributed by atoms with Crippen LogP contribution in [0.25, 0.3) is 0 Å². The number of ether oxygens (including phenoxy) is 2. The Hall–Kier alpha value is -3.68. The van der Waals surface area contributed by atoms with Gasteiger partial charge in [0.05, 0.1) is 26.5 Å². The van der Waals surface area contributed by atoms with Crippen LogP contribution >= 0.6 is 0 Å². The van der Waals surface area contributed by atoms with Gasteiger partial charge >= 0.3 is 6.03 Å². The van der Waals surface area contributed by atoms with Gasteiger partial charge in [-0.25, -0.2) is 9.69 Å². The Morgan fingerprint density at radius 1 is 1.04 bits per heavy atom. The van der Waals surface area contributed by atoms with Crippen LogP contribution in [0.15, 0.2) is 53.5 Å². The highest BCUT2D eigenvalue weighted by atomic mass is 16.5. The van der Waals surface area contributed by atoms with Crippen molar-refractivity contribution in [2.45, 2.75) is 6.54 Å². The normalized spacial score (nSPS) is 17.0. The summed E-state index contributed by atoms with van der Waals surface area (Å²) in [5, 5.41) is 2.19. The molecule has 1 heterocycles. The number of carbonyl (C=O) groups is 3. The average Bonchev–Trinajstić information content (AvgIpc) is 2.71. The molecule has 1 N–H and O–H groups in total. The summed E-state index contributed by atoms with van der Waals surface area (Å²) in [6, 6.07) is 12.9. The van der Waals surface area contributed by atoms with E-state index in [1.54, 1.807) is 43.5 Å². The molecule has 8 heteroatoms. The van der Waals surface area contributed by atoms with Gasteiger partial charge in [0.1, 0.15) is 11.5 Å². The van der Waals surface area contributed by atoms with Crippen molar-refractivity contribution in [1.82, 2.24) is 5.32 Å². The molecule has 0 spiro atoms. The Labute approximate surface area is 161 Å². The van der Waals surface area contributed by atoms with Gasteiger partial charge in [0, 0.05) is 12.3 Å². The molecule has 1 unspecified atom stereocenters. The quantitative estimate of drug-likeness (QED) is 0.611. The van der Waals surface area contributed by atoms with E-state index in [0.717, 1.165) is 16.2 Å². The number of barbiturate groups is 1. The van der Waals surface area contributed by atoms with Gasteiger partial charge in [-0.15, -0.1) is 0 Å². The molecule has 8 nitrogen and oxygen atoms in total. The monoisotopic (exact) mass is 381 g/mol. The Kier molecular flexibility index (Phi) is 5.69. The van der Waals surface area contributed by atoms with Crippen LogP contribution < -0.4 is 19.7 Å². The predicted octanol–water partition coefficient (Wildman–Crippen LogP) is 2.17. The zero-order chi connectivity index (χ0) is 20.1. The van der Waals surface area contributed by atoms with E-state index in [2.05, 4.69) is 10.3 Å². The van der Waals surface area contributed by atoms with Gasteiger partial charge in [0.2, 0.25) is 5.91 Å². The van der Waals surface area contributed by atoms with E-state index >= 15 is 0 Å². The molecule has 2 aromatic carbocycles. The number of amides is 4. The largest absolute Gasteiger partial charge is 0.497 e. The smallest absolute Gasteiger partial charge is 0.335 e. The first-order chi connectivity index (χ1) is 13.5. The number of imide groups is 2. The summed E-state index contributed by atoms with van der Waals surface area (Å²) in [5.74, 6) is -1.35. The van der Waals surface area contributed by atoms with E-state index in [1.165, 1.54) is 13.3 Å². The number of rotatable bonds is 6. The maximum Gasteiger partial charge on any atom is 0.335 e. The third-order valence-corrected chi connectivity index (χ3v) is 4.20. The lowest BCUT2D eigenvalue weighted by Crippen LogP contribution is -2.58. The number of hydrogen-bond donors (Lipinski definition) is 1. The first-order valence-corrected chi connectivity index (χ1v) is 8.49. The van der Waals surface area contributed by atoms with Gasteiger partial charge in [0.15, 0.2) is 5.92 Å². The maximum absolute atomic E-state index is 12.8. The summed E-state index contributed by atoms with van der Waals surface area (Å²) in [5.41, 5.74) is 1.20. The third kappa shape index (κ3) is 4.01. The molecule has 0 aliphatic carbocycles. The van der Waals surface area contributed by atoms with Crippen LogP contribution in [0.1, 0.15) is 5.56 Å². The molecule has 4 amide bonds. The molecule has 1 fully saturated rings. The second kappa shape index (κ2) is 8.34. The summed E-state index contributed by atoms with van der Waals surface area (Å²) >= 11 is 0. The molecular weight excluding hydrogens is 362 g/mol. The molecule has 0 aromatic heterocycles. The van der Waals surface area contributed by atoms with Gasteiger partial charge in [0.25, 0.3) is 5.91 Å². The van der Waals surface area contributed by atoms with Crippen LogP contribution in [-0.4, -0.2) is 38.3 Å². The summed E-state index contributed by atoms with van der Waals surface area (Å²) in [6.07, 6.45) is 1.27. The Bertz CT molecular complexity index is 924. The van der Waals surface area contributed by atoms with Gasteiger partial charge in [-0.2, -0.15) is 0 Å². The SMILES string of the molecule is COc1ccc(CN=CC2C(=O)NC(=O)N(c3cccc(OC)c3)C2=O)cc1. The minimum Gasteiger partial charge on any atom is -0.497 e. The van der Waals surface area contributed by atoms with E-state index in [0.29, 0.717) is 11.4 Å². The Morgan fingerprint density at radius 3 is 2.43 bits per heavy atom. The number of anilines is 1. The third-order valence-electron chi connectivity index (χ3n) is 4.20. The second-order valence-electron chi connectivity index (χ2n) is 5.99. The minimum absolute atomic E-state index is 0.286. The lowest BCUT2D eigenvalue weighted by Gasteiger charge is -2.28. The fraction of sp³-hybridized carbons (Fsp3) is 0.200. The molecule has 0 radical (unpaired) electrons. The molecular formula is C20H19N3O5. The van der Waals surface area contributed by atoms with Gasteiger partial charge in [-0.05, 0) is 29.8 Å².